The number of hydrogen-bond acceptors (Lipinski definition) is 4. The summed E-state index contributed by atoms with van der Waals surface area (Å²) in [4.78, 5) is 39.0. The third-order valence-corrected chi connectivity index (χ3v) is 4.38. The molecule has 0 saturated carbocycles. The van der Waals surface area contributed by atoms with Gasteiger partial charge in [-0.3, -0.25) is 9.88 Å². The fourth-order valence-corrected chi connectivity index (χ4v) is 2.77. The fourth-order valence-electron chi connectivity index (χ4n) is 2.77. The molecule has 0 aromatic carbocycles. The van der Waals surface area contributed by atoms with E-state index in [2.05, 4.69) is 33.2 Å². The maximum absolute atomic E-state index is 12.0. The normalized spacial score (nSPS) is 10.4. The Labute approximate surface area is 173 Å². The topological polar surface area (TPSA) is 117 Å². The Bertz CT molecular complexity index is 662. The molecule has 0 aliphatic rings. The van der Waals surface area contributed by atoms with Gasteiger partial charge in [0.25, 0.3) is 0 Å². The molecule has 1 aromatic heterocycles. The Kier molecular flexibility index (Phi) is 13.0. The first-order chi connectivity index (χ1) is 14.1. The van der Waals surface area contributed by atoms with E-state index in [9.17, 15) is 14.4 Å². The predicted octanol–water partition coefficient (Wildman–Crippen LogP) is 2.82. The third kappa shape index (κ3) is 11.8. The minimum Gasteiger partial charge on any atom is -0.338 e. The minimum atomic E-state index is -0.365. The molecule has 0 atom stereocenters. The first-order valence-electron chi connectivity index (χ1n) is 10.7. The van der Waals surface area contributed by atoms with Gasteiger partial charge in [-0.15, -0.1) is 0 Å². The second-order valence-corrected chi connectivity index (χ2v) is 6.93. The summed E-state index contributed by atoms with van der Waals surface area (Å²) in [5.74, 6) is 0.258. The van der Waals surface area contributed by atoms with E-state index >= 15 is 0 Å². The lowest BCUT2D eigenvalue weighted by Gasteiger charge is -2.09. The van der Waals surface area contributed by atoms with Crippen molar-refractivity contribution in [1.29, 1.82) is 0 Å². The number of urea groups is 2. The lowest BCUT2D eigenvalue weighted by atomic mass is 10.2. The second kappa shape index (κ2) is 15.4. The van der Waals surface area contributed by atoms with E-state index in [0.717, 1.165) is 51.4 Å². The van der Waals surface area contributed by atoms with Crippen LogP contribution in [-0.4, -0.2) is 41.2 Å². The van der Waals surface area contributed by atoms with E-state index in [0.29, 0.717) is 26.2 Å². The Morgan fingerprint density at radius 3 is 2.17 bits per heavy atom. The maximum Gasteiger partial charge on any atom is 0.349 e. The molecule has 1 aromatic rings. The van der Waals surface area contributed by atoms with Crippen molar-refractivity contribution in [2.75, 3.05) is 25.0 Å². The average Bonchev–Trinajstić information content (AvgIpc) is 2.69. The predicted molar refractivity (Wildman–Crippen MR) is 115 cm³/mol. The summed E-state index contributed by atoms with van der Waals surface area (Å²) in [6.45, 7) is 6.49. The van der Waals surface area contributed by atoms with Crippen LogP contribution in [0.1, 0.15) is 65.2 Å². The van der Waals surface area contributed by atoms with Gasteiger partial charge in [-0.25, -0.2) is 14.4 Å². The summed E-state index contributed by atoms with van der Waals surface area (Å²) < 4.78 is 1.57. The van der Waals surface area contributed by atoms with Crippen molar-refractivity contribution >= 4 is 17.9 Å². The van der Waals surface area contributed by atoms with Gasteiger partial charge in [0.15, 0.2) is 0 Å². The summed E-state index contributed by atoms with van der Waals surface area (Å²) >= 11 is 0. The highest BCUT2D eigenvalue weighted by Gasteiger charge is 2.05. The summed E-state index contributed by atoms with van der Waals surface area (Å²) in [7, 11) is 0. The number of carbonyl (C=O) groups is 2. The van der Waals surface area contributed by atoms with Crippen molar-refractivity contribution < 1.29 is 9.59 Å². The van der Waals surface area contributed by atoms with Crippen LogP contribution in [0.5, 0.6) is 0 Å². The molecule has 0 aliphatic heterocycles. The van der Waals surface area contributed by atoms with Crippen molar-refractivity contribution in [3.8, 4) is 0 Å². The van der Waals surface area contributed by atoms with E-state index in [1.165, 1.54) is 0 Å². The number of aromatic nitrogens is 2. The molecule has 0 saturated heterocycles. The van der Waals surface area contributed by atoms with Gasteiger partial charge in [0.2, 0.25) is 0 Å². The first-order valence-corrected chi connectivity index (χ1v) is 10.7. The first kappa shape index (κ1) is 24.5. The standard InChI is InChI=1S/C20H36N6O3/c1-3-5-6-11-15-26-16-12-17(25-20(26)29)24-19(28)23-14-10-8-7-9-13-22-18(27)21-4-2/h12,16H,3-11,13-15H2,1-2H3,(H2,21,22,27)(H2,23,24,25,28,29). The van der Waals surface area contributed by atoms with Crippen LogP contribution >= 0.6 is 0 Å². The molecule has 0 bridgehead atoms. The SMILES string of the molecule is CCCCCCn1ccc(NC(=O)NCCCCCCNC(=O)NCC)nc1=O. The zero-order chi connectivity index (χ0) is 21.3. The van der Waals surface area contributed by atoms with Crippen LogP contribution in [0, 0.1) is 0 Å². The maximum atomic E-state index is 12.0. The number of nitrogens with zero attached hydrogens (tertiary/aromatic N) is 2. The summed E-state index contributed by atoms with van der Waals surface area (Å²) in [6.07, 6.45) is 9.72. The monoisotopic (exact) mass is 408 g/mol. The minimum absolute atomic E-state index is 0.136. The lowest BCUT2D eigenvalue weighted by molar-refractivity contribution is 0.241. The van der Waals surface area contributed by atoms with Crippen LogP contribution in [0.2, 0.25) is 0 Å². The highest BCUT2D eigenvalue weighted by Crippen LogP contribution is 2.02. The average molecular weight is 409 g/mol. The summed E-state index contributed by atoms with van der Waals surface area (Å²) in [5, 5.41) is 10.8. The number of unbranched alkanes of at least 4 members (excludes halogenated alkanes) is 6. The van der Waals surface area contributed by atoms with E-state index < -0.39 is 0 Å². The molecule has 4 amide bonds. The molecule has 1 heterocycles. The molecule has 4 N–H and O–H groups in total. The molecule has 164 valence electrons. The molecule has 0 radical (unpaired) electrons. The molecule has 9 heteroatoms. The number of hydrogen-bond donors (Lipinski definition) is 4. The van der Waals surface area contributed by atoms with Gasteiger partial charge in [-0.2, -0.15) is 4.98 Å². The zero-order valence-electron chi connectivity index (χ0n) is 17.8. The number of rotatable bonds is 14. The number of carbonyl (C=O) groups excluding carboxylic acids is 2. The number of amides is 4. The van der Waals surface area contributed by atoms with E-state index in [4.69, 9.17) is 0 Å². The van der Waals surface area contributed by atoms with Gasteiger partial charge in [0, 0.05) is 32.4 Å². The molecule has 0 aliphatic carbocycles. The van der Waals surface area contributed by atoms with Crippen LogP contribution in [-0.2, 0) is 6.54 Å². The highest BCUT2D eigenvalue weighted by atomic mass is 16.2. The highest BCUT2D eigenvalue weighted by molar-refractivity contribution is 5.87. The quantitative estimate of drug-likeness (QED) is 0.354. The van der Waals surface area contributed by atoms with Crippen LogP contribution in [0.25, 0.3) is 0 Å². The molecular formula is C20H36N6O3. The van der Waals surface area contributed by atoms with Crippen LogP contribution < -0.4 is 27.0 Å². The molecule has 0 unspecified atom stereocenters. The van der Waals surface area contributed by atoms with Gasteiger partial charge >= 0.3 is 17.8 Å². The lowest BCUT2D eigenvalue weighted by Crippen LogP contribution is -2.35. The van der Waals surface area contributed by atoms with E-state index in [1.807, 2.05) is 6.92 Å². The van der Waals surface area contributed by atoms with Crippen molar-refractivity contribution in [3.05, 3.63) is 22.7 Å². The van der Waals surface area contributed by atoms with Crippen LogP contribution in [0.4, 0.5) is 15.4 Å². The van der Waals surface area contributed by atoms with Crippen molar-refractivity contribution in [2.24, 2.45) is 0 Å². The molecule has 9 nitrogen and oxygen atoms in total. The van der Waals surface area contributed by atoms with Gasteiger partial charge < -0.3 is 16.0 Å². The Hall–Kier alpha value is -2.58. The Balaban J connectivity index is 2.14. The second-order valence-electron chi connectivity index (χ2n) is 6.93. The van der Waals surface area contributed by atoms with E-state index in [-0.39, 0.29) is 23.6 Å². The Morgan fingerprint density at radius 2 is 1.55 bits per heavy atom. The van der Waals surface area contributed by atoms with Crippen molar-refractivity contribution in [2.45, 2.75) is 71.8 Å². The molecule has 29 heavy (non-hydrogen) atoms. The number of anilines is 1. The smallest absolute Gasteiger partial charge is 0.338 e. The molecule has 0 spiro atoms. The Morgan fingerprint density at radius 1 is 0.897 bits per heavy atom. The molecular weight excluding hydrogens is 372 g/mol. The van der Waals surface area contributed by atoms with Gasteiger partial charge in [-0.1, -0.05) is 39.0 Å². The van der Waals surface area contributed by atoms with Gasteiger partial charge in [0.05, 0.1) is 0 Å². The van der Waals surface area contributed by atoms with E-state index in [1.54, 1.807) is 16.8 Å². The van der Waals surface area contributed by atoms with Crippen LogP contribution in [0.15, 0.2) is 17.1 Å². The van der Waals surface area contributed by atoms with Crippen molar-refractivity contribution in [3.63, 3.8) is 0 Å². The third-order valence-electron chi connectivity index (χ3n) is 4.38. The number of nitrogens with one attached hydrogen (secondary N) is 4. The van der Waals surface area contributed by atoms with Gasteiger partial charge in [0.1, 0.15) is 5.82 Å². The summed E-state index contributed by atoms with van der Waals surface area (Å²) in [5.41, 5.74) is -0.347. The molecule has 0 fully saturated rings. The number of aryl methyl sites for hydroxylation is 1. The largest absolute Gasteiger partial charge is 0.349 e. The fraction of sp³-hybridized carbons (Fsp3) is 0.700. The zero-order valence-corrected chi connectivity index (χ0v) is 17.8. The summed E-state index contributed by atoms with van der Waals surface area (Å²) in [6, 6.07) is 1.14. The van der Waals surface area contributed by atoms with Crippen LogP contribution in [0.3, 0.4) is 0 Å². The molecule has 1 rings (SSSR count). The van der Waals surface area contributed by atoms with Crippen molar-refractivity contribution in [1.82, 2.24) is 25.5 Å². The van der Waals surface area contributed by atoms with Gasteiger partial charge in [-0.05, 0) is 32.3 Å².